The number of pyridine rings is 1. The van der Waals surface area contributed by atoms with Gasteiger partial charge in [0.05, 0.1) is 17.3 Å². The fourth-order valence-electron chi connectivity index (χ4n) is 3.48. The molecule has 2 fully saturated rings. The van der Waals surface area contributed by atoms with Gasteiger partial charge in [0.15, 0.2) is 9.84 Å². The smallest absolute Gasteiger partial charge is 0.251 e. The normalized spacial score (nSPS) is 17.2. The Morgan fingerprint density at radius 1 is 1.04 bits per heavy atom. The Morgan fingerprint density at radius 3 is 2.56 bits per heavy atom. The SMILES string of the molecule is O=c1[nH]ccc(Cc2ccccc2S(=O)(=O)CCOCC2CC2)c1C1CC1. The molecule has 1 aromatic carbocycles. The monoisotopic (exact) mass is 387 g/mol. The largest absolute Gasteiger partial charge is 0.380 e. The molecule has 27 heavy (non-hydrogen) atoms. The lowest BCUT2D eigenvalue weighted by Crippen LogP contribution is -2.17. The highest BCUT2D eigenvalue weighted by molar-refractivity contribution is 7.91. The van der Waals surface area contributed by atoms with E-state index >= 15 is 0 Å². The molecule has 0 radical (unpaired) electrons. The van der Waals surface area contributed by atoms with Crippen molar-refractivity contribution < 1.29 is 13.2 Å². The number of sulfone groups is 1. The number of rotatable bonds is 9. The summed E-state index contributed by atoms with van der Waals surface area (Å²) in [6, 6.07) is 9.01. The van der Waals surface area contributed by atoms with Gasteiger partial charge >= 0.3 is 0 Å². The summed E-state index contributed by atoms with van der Waals surface area (Å²) in [6.45, 7) is 0.889. The van der Waals surface area contributed by atoms with Crippen molar-refractivity contribution >= 4 is 9.84 Å². The highest BCUT2D eigenvalue weighted by atomic mass is 32.2. The van der Waals surface area contributed by atoms with Crippen LogP contribution < -0.4 is 5.56 Å². The van der Waals surface area contributed by atoms with Gasteiger partial charge in [0, 0.05) is 18.4 Å². The second-order valence-electron chi connectivity index (χ2n) is 7.64. The molecule has 5 nitrogen and oxygen atoms in total. The van der Waals surface area contributed by atoms with E-state index in [-0.39, 0.29) is 17.9 Å². The first-order chi connectivity index (χ1) is 13.0. The molecule has 1 N–H and O–H groups in total. The molecule has 0 bridgehead atoms. The average molecular weight is 388 g/mol. The van der Waals surface area contributed by atoms with E-state index in [1.54, 1.807) is 18.3 Å². The van der Waals surface area contributed by atoms with Crippen molar-refractivity contribution in [2.24, 2.45) is 5.92 Å². The van der Waals surface area contributed by atoms with Crippen molar-refractivity contribution in [3.05, 3.63) is 63.6 Å². The number of aromatic nitrogens is 1. The fraction of sp³-hybridized carbons (Fsp3) is 0.476. The van der Waals surface area contributed by atoms with Crippen LogP contribution in [0.4, 0.5) is 0 Å². The summed E-state index contributed by atoms with van der Waals surface area (Å²) in [5, 5.41) is 0. The standard InChI is InChI=1S/C21H25NO4S/c23-21-20(16-7-8-16)18(9-10-22-21)13-17-3-1-2-4-19(17)27(24,25)12-11-26-14-15-5-6-15/h1-4,9-10,15-16H,5-8,11-14H2,(H,22,23). The quantitative estimate of drug-likeness (QED) is 0.671. The van der Waals surface area contributed by atoms with Crippen LogP contribution in [0.2, 0.25) is 0 Å². The maximum atomic E-state index is 12.9. The number of benzene rings is 1. The molecule has 2 saturated carbocycles. The van der Waals surface area contributed by atoms with E-state index in [9.17, 15) is 13.2 Å². The fourth-order valence-corrected chi connectivity index (χ4v) is 4.86. The van der Waals surface area contributed by atoms with E-state index in [2.05, 4.69) is 4.98 Å². The summed E-state index contributed by atoms with van der Waals surface area (Å²) >= 11 is 0. The van der Waals surface area contributed by atoms with E-state index < -0.39 is 9.84 Å². The zero-order chi connectivity index (χ0) is 18.9. The molecule has 0 atom stereocenters. The summed E-state index contributed by atoms with van der Waals surface area (Å²) in [6.07, 6.45) is 6.53. The molecule has 2 aliphatic carbocycles. The third kappa shape index (κ3) is 4.50. The average Bonchev–Trinajstić information content (AvgIpc) is 3.53. The summed E-state index contributed by atoms with van der Waals surface area (Å²) in [5.41, 5.74) is 2.43. The summed E-state index contributed by atoms with van der Waals surface area (Å²) in [4.78, 5) is 15.3. The molecular weight excluding hydrogens is 362 g/mol. The zero-order valence-corrected chi connectivity index (χ0v) is 16.1. The van der Waals surface area contributed by atoms with Crippen LogP contribution in [0.1, 0.15) is 48.3 Å². The van der Waals surface area contributed by atoms with E-state index in [1.807, 2.05) is 18.2 Å². The van der Waals surface area contributed by atoms with Gasteiger partial charge in [-0.1, -0.05) is 18.2 Å². The molecule has 4 rings (SSSR count). The number of aromatic amines is 1. The van der Waals surface area contributed by atoms with Gasteiger partial charge < -0.3 is 9.72 Å². The lowest BCUT2D eigenvalue weighted by Gasteiger charge is -2.13. The molecule has 0 saturated heterocycles. The molecule has 1 heterocycles. The minimum Gasteiger partial charge on any atom is -0.380 e. The van der Waals surface area contributed by atoms with Crippen molar-refractivity contribution in [2.75, 3.05) is 19.0 Å². The molecule has 1 aromatic heterocycles. The van der Waals surface area contributed by atoms with Crippen molar-refractivity contribution in [3.8, 4) is 0 Å². The van der Waals surface area contributed by atoms with Gasteiger partial charge in [-0.05, 0) is 67.2 Å². The van der Waals surface area contributed by atoms with Crippen LogP contribution in [0, 0.1) is 5.92 Å². The maximum Gasteiger partial charge on any atom is 0.251 e. The molecule has 0 aliphatic heterocycles. The maximum absolute atomic E-state index is 12.9. The van der Waals surface area contributed by atoms with E-state index in [0.29, 0.717) is 29.8 Å². The molecular formula is C21H25NO4S. The highest BCUT2D eigenvalue weighted by Crippen LogP contribution is 2.40. The molecule has 2 aromatic rings. The van der Waals surface area contributed by atoms with Gasteiger partial charge in [-0.15, -0.1) is 0 Å². The van der Waals surface area contributed by atoms with Gasteiger partial charge in [-0.25, -0.2) is 8.42 Å². The van der Waals surface area contributed by atoms with Gasteiger partial charge in [0.25, 0.3) is 5.56 Å². The van der Waals surface area contributed by atoms with Crippen LogP contribution in [0.5, 0.6) is 0 Å². The van der Waals surface area contributed by atoms with Crippen LogP contribution in [-0.2, 0) is 21.0 Å². The minimum absolute atomic E-state index is 0.0123. The zero-order valence-electron chi connectivity index (χ0n) is 15.3. The van der Waals surface area contributed by atoms with Crippen molar-refractivity contribution in [1.82, 2.24) is 4.98 Å². The number of H-pyrrole nitrogens is 1. The predicted octanol–water partition coefficient (Wildman–Crippen LogP) is 3.04. The Balaban J connectivity index is 1.54. The summed E-state index contributed by atoms with van der Waals surface area (Å²) < 4.78 is 31.2. The Bertz CT molecular complexity index is 972. The molecule has 0 unspecified atom stereocenters. The lowest BCUT2D eigenvalue weighted by molar-refractivity contribution is 0.138. The molecule has 0 amide bonds. The molecule has 144 valence electrons. The first kappa shape index (κ1) is 18.4. The van der Waals surface area contributed by atoms with Gasteiger partial charge in [-0.2, -0.15) is 0 Å². The third-order valence-corrected chi connectivity index (χ3v) is 7.08. The van der Waals surface area contributed by atoms with Gasteiger partial charge in [0.2, 0.25) is 0 Å². The molecule has 2 aliphatic rings. The van der Waals surface area contributed by atoms with E-state index in [4.69, 9.17) is 4.74 Å². The topological polar surface area (TPSA) is 76.2 Å². The van der Waals surface area contributed by atoms with Crippen LogP contribution in [0.3, 0.4) is 0 Å². The van der Waals surface area contributed by atoms with Crippen molar-refractivity contribution in [3.63, 3.8) is 0 Å². The Hall–Kier alpha value is -1.92. The van der Waals surface area contributed by atoms with E-state index in [0.717, 1.165) is 29.5 Å². The van der Waals surface area contributed by atoms with Gasteiger partial charge in [-0.3, -0.25) is 4.79 Å². The highest BCUT2D eigenvalue weighted by Gasteiger charge is 2.29. The molecule has 0 spiro atoms. The lowest BCUT2D eigenvalue weighted by atomic mass is 9.99. The number of hydrogen-bond donors (Lipinski definition) is 1. The van der Waals surface area contributed by atoms with Crippen LogP contribution in [-0.4, -0.2) is 32.4 Å². The second kappa shape index (κ2) is 7.60. The summed E-state index contributed by atoms with van der Waals surface area (Å²) in [7, 11) is -3.43. The third-order valence-electron chi connectivity index (χ3n) is 5.31. The van der Waals surface area contributed by atoms with E-state index in [1.165, 1.54) is 12.8 Å². The number of ether oxygens (including phenoxy) is 1. The predicted molar refractivity (Wildman–Crippen MR) is 104 cm³/mol. The Kier molecular flexibility index (Phi) is 5.19. The first-order valence-corrected chi connectivity index (χ1v) is 11.3. The number of hydrogen-bond acceptors (Lipinski definition) is 4. The Labute approximate surface area is 159 Å². The van der Waals surface area contributed by atoms with Crippen LogP contribution in [0.25, 0.3) is 0 Å². The second-order valence-corrected chi connectivity index (χ2v) is 9.72. The van der Waals surface area contributed by atoms with Crippen LogP contribution in [0.15, 0.2) is 46.2 Å². The number of nitrogens with one attached hydrogen (secondary N) is 1. The van der Waals surface area contributed by atoms with Crippen LogP contribution >= 0.6 is 0 Å². The Morgan fingerprint density at radius 2 is 1.81 bits per heavy atom. The minimum atomic E-state index is -3.43. The first-order valence-electron chi connectivity index (χ1n) is 9.63. The van der Waals surface area contributed by atoms with Crippen molar-refractivity contribution in [1.29, 1.82) is 0 Å². The molecule has 6 heteroatoms. The van der Waals surface area contributed by atoms with Gasteiger partial charge in [0.1, 0.15) is 0 Å². The van der Waals surface area contributed by atoms with Crippen molar-refractivity contribution in [2.45, 2.75) is 42.9 Å². The summed E-state index contributed by atoms with van der Waals surface area (Å²) in [5.74, 6) is 0.920.